The van der Waals surface area contributed by atoms with E-state index in [1.165, 1.54) is 16.5 Å². The van der Waals surface area contributed by atoms with Crippen molar-refractivity contribution in [2.45, 2.75) is 17.5 Å². The Morgan fingerprint density at radius 3 is 3.05 bits per heavy atom. The zero-order valence-electron chi connectivity index (χ0n) is 9.93. The van der Waals surface area contributed by atoms with Crippen LogP contribution < -0.4 is 0 Å². The predicted octanol–water partition coefficient (Wildman–Crippen LogP) is 1.57. The summed E-state index contributed by atoms with van der Waals surface area (Å²) in [6, 6.07) is 8.08. The Morgan fingerprint density at radius 2 is 2.21 bits per heavy atom. The van der Waals surface area contributed by atoms with Gasteiger partial charge in [0, 0.05) is 0 Å². The average molecular weight is 293 g/mol. The summed E-state index contributed by atoms with van der Waals surface area (Å²) in [5.74, 6) is 0.727. The number of aliphatic hydroxyl groups excluding tert-OH is 1. The fraction of sp³-hybridized carbons (Fsp3) is 0.273. The minimum atomic E-state index is 0.0275. The maximum absolute atomic E-state index is 8.91. The molecule has 0 fully saturated rings. The van der Waals surface area contributed by atoms with Gasteiger partial charge in [0.1, 0.15) is 5.01 Å². The zero-order chi connectivity index (χ0) is 13.1. The highest BCUT2D eigenvalue weighted by molar-refractivity contribution is 7.98. The minimum absolute atomic E-state index is 0.0275. The second-order valence-corrected chi connectivity index (χ2v) is 5.83. The molecule has 0 unspecified atom stereocenters. The van der Waals surface area contributed by atoms with Crippen molar-refractivity contribution in [3.8, 4) is 0 Å². The van der Waals surface area contributed by atoms with Gasteiger partial charge in [-0.05, 0) is 22.6 Å². The topological polar surface area (TPSA) is 76.7 Å². The second-order valence-electron chi connectivity index (χ2n) is 3.77. The molecule has 0 aliphatic heterocycles. The van der Waals surface area contributed by atoms with Crippen molar-refractivity contribution in [3.05, 3.63) is 29.3 Å². The van der Waals surface area contributed by atoms with Crippen LogP contribution in [-0.2, 0) is 12.3 Å². The Hall–Kier alpha value is -1.51. The lowest BCUT2D eigenvalue weighted by Crippen LogP contribution is -2.05. The lowest BCUT2D eigenvalue weighted by atomic mass is 10.3. The van der Waals surface area contributed by atoms with E-state index in [9.17, 15) is 0 Å². The number of aromatic nitrogens is 5. The number of tetrazole rings is 1. The first-order chi connectivity index (χ1) is 9.36. The Kier molecular flexibility index (Phi) is 3.72. The first-order valence-electron chi connectivity index (χ1n) is 5.71. The van der Waals surface area contributed by atoms with Gasteiger partial charge in [-0.3, -0.25) is 0 Å². The maximum Gasteiger partial charge on any atom is 0.209 e. The summed E-state index contributed by atoms with van der Waals surface area (Å²) in [6.07, 6.45) is 0. The van der Waals surface area contributed by atoms with Crippen molar-refractivity contribution in [2.75, 3.05) is 6.61 Å². The molecule has 0 amide bonds. The molecule has 0 atom stereocenters. The number of hydrogen-bond donors (Lipinski definition) is 1. The van der Waals surface area contributed by atoms with Crippen molar-refractivity contribution in [1.29, 1.82) is 0 Å². The Bertz CT molecular complexity index is 647. The fourth-order valence-electron chi connectivity index (χ4n) is 1.64. The summed E-state index contributed by atoms with van der Waals surface area (Å²) in [6.45, 7) is 0.439. The summed E-state index contributed by atoms with van der Waals surface area (Å²) in [5.41, 5.74) is 1.03. The normalized spacial score (nSPS) is 11.2. The van der Waals surface area contributed by atoms with Crippen molar-refractivity contribution in [3.63, 3.8) is 0 Å². The third-order valence-electron chi connectivity index (χ3n) is 2.47. The maximum atomic E-state index is 8.91. The highest BCUT2D eigenvalue weighted by atomic mass is 32.2. The first kappa shape index (κ1) is 12.5. The van der Waals surface area contributed by atoms with Gasteiger partial charge in [0.15, 0.2) is 0 Å². The van der Waals surface area contributed by atoms with Crippen LogP contribution in [0.1, 0.15) is 5.01 Å². The number of rotatable bonds is 5. The van der Waals surface area contributed by atoms with E-state index in [1.54, 1.807) is 16.0 Å². The van der Waals surface area contributed by atoms with E-state index in [-0.39, 0.29) is 6.61 Å². The number of nitrogens with zero attached hydrogens (tertiary/aromatic N) is 5. The van der Waals surface area contributed by atoms with Crippen LogP contribution in [0.25, 0.3) is 10.2 Å². The van der Waals surface area contributed by atoms with Gasteiger partial charge in [-0.25, -0.2) is 9.67 Å². The molecule has 0 saturated heterocycles. The molecule has 0 radical (unpaired) electrons. The van der Waals surface area contributed by atoms with Crippen molar-refractivity contribution in [2.24, 2.45) is 0 Å². The van der Waals surface area contributed by atoms with Crippen LogP contribution in [0.3, 0.4) is 0 Å². The van der Waals surface area contributed by atoms with Gasteiger partial charge < -0.3 is 5.11 Å². The Labute approximate surface area is 117 Å². The number of para-hydroxylation sites is 1. The van der Waals surface area contributed by atoms with Crippen LogP contribution in [0.4, 0.5) is 0 Å². The van der Waals surface area contributed by atoms with E-state index in [2.05, 4.69) is 26.6 Å². The molecule has 0 bridgehead atoms. The Morgan fingerprint density at radius 1 is 1.32 bits per heavy atom. The molecule has 2 heterocycles. The predicted molar refractivity (Wildman–Crippen MR) is 74.1 cm³/mol. The summed E-state index contributed by atoms with van der Waals surface area (Å²) >= 11 is 3.20. The third-order valence-corrected chi connectivity index (χ3v) is 4.66. The number of thiazole rings is 1. The lowest BCUT2D eigenvalue weighted by Gasteiger charge is -1.99. The molecule has 8 heteroatoms. The van der Waals surface area contributed by atoms with Crippen LogP contribution >= 0.6 is 23.1 Å². The standard InChI is InChI=1S/C11H11N5OS2/c17-6-5-16-11(13-14-15-16)18-7-10-12-8-3-1-2-4-9(8)19-10/h1-4,17H,5-7H2. The van der Waals surface area contributed by atoms with Crippen LogP contribution in [0, 0.1) is 0 Å². The molecule has 3 rings (SSSR count). The molecule has 3 aromatic rings. The van der Waals surface area contributed by atoms with E-state index in [0.717, 1.165) is 16.3 Å². The molecule has 19 heavy (non-hydrogen) atoms. The van der Waals surface area contributed by atoms with E-state index < -0.39 is 0 Å². The van der Waals surface area contributed by atoms with Gasteiger partial charge in [0.25, 0.3) is 0 Å². The molecule has 0 saturated carbocycles. The number of aliphatic hydroxyl groups is 1. The highest BCUT2D eigenvalue weighted by Crippen LogP contribution is 2.27. The van der Waals surface area contributed by atoms with Crippen LogP contribution in [0.2, 0.25) is 0 Å². The van der Waals surface area contributed by atoms with Gasteiger partial charge in [-0.15, -0.1) is 16.4 Å². The van der Waals surface area contributed by atoms with E-state index in [0.29, 0.717) is 11.7 Å². The van der Waals surface area contributed by atoms with E-state index in [4.69, 9.17) is 5.11 Å². The molecule has 1 aromatic carbocycles. The smallest absolute Gasteiger partial charge is 0.209 e. The van der Waals surface area contributed by atoms with Gasteiger partial charge in [-0.2, -0.15) is 0 Å². The van der Waals surface area contributed by atoms with Gasteiger partial charge in [0.05, 0.1) is 29.1 Å². The van der Waals surface area contributed by atoms with Crippen molar-refractivity contribution < 1.29 is 5.11 Å². The third kappa shape index (κ3) is 2.75. The molecule has 1 N–H and O–H groups in total. The van der Waals surface area contributed by atoms with Crippen LogP contribution in [0.5, 0.6) is 0 Å². The molecule has 0 aliphatic rings. The molecular formula is C11H11N5OS2. The zero-order valence-corrected chi connectivity index (χ0v) is 11.6. The van der Waals surface area contributed by atoms with Gasteiger partial charge in [0.2, 0.25) is 5.16 Å². The summed E-state index contributed by atoms with van der Waals surface area (Å²) in [7, 11) is 0. The first-order valence-corrected chi connectivity index (χ1v) is 7.51. The molecule has 2 aromatic heterocycles. The summed E-state index contributed by atoms with van der Waals surface area (Å²) in [4.78, 5) is 4.56. The fourth-order valence-corrected chi connectivity index (χ4v) is 3.51. The molecule has 98 valence electrons. The van der Waals surface area contributed by atoms with Crippen LogP contribution in [-0.4, -0.2) is 36.9 Å². The van der Waals surface area contributed by atoms with Gasteiger partial charge >= 0.3 is 0 Å². The molecule has 0 aliphatic carbocycles. The van der Waals surface area contributed by atoms with Crippen molar-refractivity contribution >= 4 is 33.3 Å². The highest BCUT2D eigenvalue weighted by Gasteiger charge is 2.09. The minimum Gasteiger partial charge on any atom is -0.394 e. The van der Waals surface area contributed by atoms with E-state index >= 15 is 0 Å². The second kappa shape index (κ2) is 5.64. The number of benzene rings is 1. The number of hydrogen-bond acceptors (Lipinski definition) is 7. The number of fused-ring (bicyclic) bond motifs is 1. The molecular weight excluding hydrogens is 282 g/mol. The largest absolute Gasteiger partial charge is 0.394 e. The summed E-state index contributed by atoms with van der Waals surface area (Å²) in [5, 5.41) is 22.0. The number of thioether (sulfide) groups is 1. The summed E-state index contributed by atoms with van der Waals surface area (Å²) < 4.78 is 2.78. The molecule has 6 nitrogen and oxygen atoms in total. The van der Waals surface area contributed by atoms with Crippen molar-refractivity contribution in [1.82, 2.24) is 25.2 Å². The lowest BCUT2D eigenvalue weighted by molar-refractivity contribution is 0.262. The average Bonchev–Trinajstić information content (AvgIpc) is 3.02. The molecule has 0 spiro atoms. The quantitative estimate of drug-likeness (QED) is 0.720. The Balaban J connectivity index is 1.73. The van der Waals surface area contributed by atoms with Gasteiger partial charge in [-0.1, -0.05) is 23.9 Å². The van der Waals surface area contributed by atoms with Crippen LogP contribution in [0.15, 0.2) is 29.4 Å². The SMILES string of the molecule is OCCn1nnnc1SCc1nc2ccccc2s1. The monoisotopic (exact) mass is 293 g/mol. The van der Waals surface area contributed by atoms with E-state index in [1.807, 2.05) is 18.2 Å².